The van der Waals surface area contributed by atoms with Crippen LogP contribution in [0.2, 0.25) is 0 Å². The van der Waals surface area contributed by atoms with Crippen molar-refractivity contribution in [2.45, 2.75) is 45.4 Å². The lowest BCUT2D eigenvalue weighted by Crippen LogP contribution is -2.49. The van der Waals surface area contributed by atoms with Gasteiger partial charge >= 0.3 is 0 Å². The number of ether oxygens (including phenoxy) is 2. The molecule has 2 aliphatic heterocycles. The highest BCUT2D eigenvalue weighted by molar-refractivity contribution is 5.85. The Morgan fingerprint density at radius 3 is 2.43 bits per heavy atom. The molecule has 2 unspecified atom stereocenters. The van der Waals surface area contributed by atoms with E-state index in [4.69, 9.17) is 15.2 Å². The van der Waals surface area contributed by atoms with Gasteiger partial charge < -0.3 is 25.4 Å². The molecule has 1 amide bonds. The van der Waals surface area contributed by atoms with Crippen LogP contribution in [0.25, 0.3) is 0 Å². The Morgan fingerprint density at radius 1 is 1.25 bits per heavy atom. The molecule has 1 aromatic rings. The predicted molar refractivity (Wildman–Crippen MR) is 114 cm³/mol. The Balaban J connectivity index is 0.00000196. The van der Waals surface area contributed by atoms with Gasteiger partial charge in [-0.1, -0.05) is 6.07 Å². The fourth-order valence-corrected chi connectivity index (χ4v) is 3.73. The molecule has 3 N–H and O–H groups in total. The van der Waals surface area contributed by atoms with Gasteiger partial charge in [-0.3, -0.25) is 4.79 Å². The van der Waals surface area contributed by atoms with Crippen molar-refractivity contribution in [1.82, 2.24) is 10.3 Å². The monoisotopic (exact) mass is 434 g/mol. The molecule has 28 heavy (non-hydrogen) atoms. The second-order valence-electron chi connectivity index (χ2n) is 7.47. The maximum Gasteiger partial charge on any atom is 0.227 e. The van der Waals surface area contributed by atoms with Crippen LogP contribution in [0, 0.1) is 5.41 Å². The number of pyridine rings is 1. The molecule has 2 aliphatic rings. The number of hydrogen-bond acceptors (Lipinski definition) is 6. The summed E-state index contributed by atoms with van der Waals surface area (Å²) in [7, 11) is 0. The molecule has 2 atom stereocenters. The van der Waals surface area contributed by atoms with Crippen molar-refractivity contribution < 1.29 is 14.3 Å². The van der Waals surface area contributed by atoms with Crippen LogP contribution in [0.5, 0.6) is 0 Å². The number of nitrogens with two attached hydrogens (primary N) is 1. The molecule has 0 radical (unpaired) electrons. The molecule has 0 aliphatic carbocycles. The maximum absolute atomic E-state index is 12.6. The zero-order chi connectivity index (χ0) is 18.6. The van der Waals surface area contributed by atoms with Crippen LogP contribution in [-0.2, 0) is 20.8 Å². The number of carbonyl (C=O) groups excluding carboxylic acids is 1. The van der Waals surface area contributed by atoms with E-state index in [0.29, 0.717) is 39.1 Å². The lowest BCUT2D eigenvalue weighted by atomic mass is 9.79. The van der Waals surface area contributed by atoms with Gasteiger partial charge in [-0.25, -0.2) is 4.98 Å². The number of halogens is 2. The van der Waals surface area contributed by atoms with E-state index in [-0.39, 0.29) is 42.9 Å². The Labute approximate surface area is 179 Å². The van der Waals surface area contributed by atoms with Crippen molar-refractivity contribution in [3.05, 3.63) is 23.9 Å². The third-order valence-electron chi connectivity index (χ3n) is 5.33. The first-order chi connectivity index (χ1) is 12.5. The van der Waals surface area contributed by atoms with E-state index in [1.165, 1.54) is 0 Å². The minimum atomic E-state index is -0.494. The summed E-state index contributed by atoms with van der Waals surface area (Å²) in [5.74, 6) is 0.966. The molecule has 1 aromatic heterocycles. The number of anilines is 1. The zero-order valence-corrected chi connectivity index (χ0v) is 18.2. The standard InChI is InChI=1S/C19H30N4O3.2ClH/c1-14-11-23(12-15(2)26-14)17-4-3-16(9-21-17)10-22-18(24)19(13-20)5-7-25-8-6-19;;/h3-4,9,14-15H,5-8,10-13,20H2,1-2H3,(H,22,24);2*1H. The van der Waals surface area contributed by atoms with Gasteiger partial charge in [-0.15, -0.1) is 24.8 Å². The topological polar surface area (TPSA) is 89.7 Å². The zero-order valence-electron chi connectivity index (χ0n) is 16.6. The van der Waals surface area contributed by atoms with Gasteiger partial charge in [0.05, 0.1) is 17.6 Å². The number of hydrogen-bond donors (Lipinski definition) is 2. The Bertz CT molecular complexity index is 602. The molecule has 0 saturated carbocycles. The molecular weight excluding hydrogens is 403 g/mol. The normalized spacial score (nSPS) is 23.9. The van der Waals surface area contributed by atoms with Gasteiger partial charge in [-0.05, 0) is 38.3 Å². The first kappa shape index (κ1) is 24.9. The van der Waals surface area contributed by atoms with E-state index < -0.39 is 5.41 Å². The van der Waals surface area contributed by atoms with E-state index in [2.05, 4.69) is 29.0 Å². The van der Waals surface area contributed by atoms with Crippen LogP contribution < -0.4 is 16.0 Å². The van der Waals surface area contributed by atoms with E-state index in [1.807, 2.05) is 18.3 Å². The van der Waals surface area contributed by atoms with Crippen LogP contribution in [0.15, 0.2) is 18.3 Å². The molecule has 0 aromatic carbocycles. The number of rotatable bonds is 5. The Morgan fingerprint density at radius 2 is 1.89 bits per heavy atom. The number of carbonyl (C=O) groups is 1. The van der Waals surface area contributed by atoms with E-state index in [9.17, 15) is 4.79 Å². The minimum absolute atomic E-state index is 0. The fourth-order valence-electron chi connectivity index (χ4n) is 3.73. The summed E-state index contributed by atoms with van der Waals surface area (Å²) in [6.07, 6.45) is 3.59. The lowest BCUT2D eigenvalue weighted by molar-refractivity contribution is -0.136. The smallest absolute Gasteiger partial charge is 0.227 e. The molecule has 9 heteroatoms. The summed E-state index contributed by atoms with van der Waals surface area (Å²) in [4.78, 5) is 19.4. The fraction of sp³-hybridized carbons (Fsp3) is 0.684. The highest BCUT2D eigenvalue weighted by atomic mass is 35.5. The van der Waals surface area contributed by atoms with Crippen LogP contribution >= 0.6 is 24.8 Å². The summed E-state index contributed by atoms with van der Waals surface area (Å²) in [6, 6.07) is 4.03. The van der Waals surface area contributed by atoms with Gasteiger partial charge in [0, 0.05) is 45.6 Å². The molecule has 160 valence electrons. The Kier molecular flexibility index (Phi) is 9.94. The average molecular weight is 435 g/mol. The number of amides is 1. The van der Waals surface area contributed by atoms with E-state index in [1.54, 1.807) is 0 Å². The quantitative estimate of drug-likeness (QED) is 0.735. The third kappa shape index (κ3) is 5.94. The molecule has 3 heterocycles. The van der Waals surface area contributed by atoms with Crippen LogP contribution in [0.1, 0.15) is 32.3 Å². The summed E-state index contributed by atoms with van der Waals surface area (Å²) < 4.78 is 11.1. The highest BCUT2D eigenvalue weighted by Gasteiger charge is 2.38. The van der Waals surface area contributed by atoms with Crippen LogP contribution in [-0.4, -0.2) is 55.9 Å². The van der Waals surface area contributed by atoms with Crippen molar-refractivity contribution in [2.24, 2.45) is 11.1 Å². The van der Waals surface area contributed by atoms with Crippen LogP contribution in [0.4, 0.5) is 5.82 Å². The number of nitrogens with one attached hydrogen (secondary N) is 1. The summed E-state index contributed by atoms with van der Waals surface area (Å²) in [5.41, 5.74) is 6.38. The highest BCUT2D eigenvalue weighted by Crippen LogP contribution is 2.29. The van der Waals surface area contributed by atoms with Gasteiger partial charge in [0.15, 0.2) is 0 Å². The van der Waals surface area contributed by atoms with Gasteiger partial charge in [0.2, 0.25) is 5.91 Å². The number of nitrogens with zero attached hydrogens (tertiary/aromatic N) is 2. The first-order valence-corrected chi connectivity index (χ1v) is 9.44. The van der Waals surface area contributed by atoms with E-state index >= 15 is 0 Å². The summed E-state index contributed by atoms with van der Waals surface area (Å²) in [6.45, 7) is 7.85. The minimum Gasteiger partial charge on any atom is -0.381 e. The molecule has 2 fully saturated rings. The van der Waals surface area contributed by atoms with Gasteiger partial charge in [0.1, 0.15) is 5.82 Å². The average Bonchev–Trinajstić information content (AvgIpc) is 2.66. The molecule has 3 rings (SSSR count). The van der Waals surface area contributed by atoms with Crippen molar-refractivity contribution in [1.29, 1.82) is 0 Å². The lowest BCUT2D eigenvalue weighted by Gasteiger charge is -2.36. The largest absolute Gasteiger partial charge is 0.381 e. The predicted octanol–water partition coefficient (Wildman–Crippen LogP) is 1.91. The summed E-state index contributed by atoms with van der Waals surface area (Å²) in [5, 5.41) is 3.03. The molecule has 0 spiro atoms. The molecular formula is C19H32Cl2N4O3. The van der Waals surface area contributed by atoms with Crippen molar-refractivity contribution >= 4 is 36.5 Å². The van der Waals surface area contributed by atoms with Gasteiger partial charge in [0.25, 0.3) is 0 Å². The van der Waals surface area contributed by atoms with Crippen molar-refractivity contribution in [3.8, 4) is 0 Å². The molecule has 7 nitrogen and oxygen atoms in total. The van der Waals surface area contributed by atoms with Crippen molar-refractivity contribution in [2.75, 3.05) is 37.7 Å². The summed E-state index contributed by atoms with van der Waals surface area (Å²) >= 11 is 0. The maximum atomic E-state index is 12.6. The number of aromatic nitrogens is 1. The van der Waals surface area contributed by atoms with Crippen LogP contribution in [0.3, 0.4) is 0 Å². The molecule has 2 saturated heterocycles. The van der Waals surface area contributed by atoms with Crippen molar-refractivity contribution in [3.63, 3.8) is 0 Å². The SMILES string of the molecule is CC1CN(c2ccc(CNC(=O)C3(CN)CCOCC3)cn2)CC(C)O1.Cl.Cl. The Hall–Kier alpha value is -1.12. The van der Waals surface area contributed by atoms with E-state index in [0.717, 1.165) is 24.5 Å². The second-order valence-corrected chi connectivity index (χ2v) is 7.47. The van der Waals surface area contributed by atoms with Gasteiger partial charge in [-0.2, -0.15) is 0 Å². The number of morpholine rings is 1. The third-order valence-corrected chi connectivity index (χ3v) is 5.33. The molecule has 0 bridgehead atoms. The second kappa shape index (κ2) is 11.2. The first-order valence-electron chi connectivity index (χ1n) is 9.44.